The first kappa shape index (κ1) is 30.5. The van der Waals surface area contributed by atoms with Crippen LogP contribution >= 0.6 is 0 Å². The Hall–Kier alpha value is -6.78. The van der Waals surface area contributed by atoms with Gasteiger partial charge in [-0.25, -0.2) is 0 Å². The van der Waals surface area contributed by atoms with E-state index in [-0.39, 0.29) is 6.61 Å². The molecule has 0 saturated heterocycles. The highest BCUT2D eigenvalue weighted by molar-refractivity contribution is 5.69. The van der Waals surface area contributed by atoms with E-state index in [2.05, 4.69) is 0 Å². The molecule has 8 aromatic rings. The molecule has 2 heterocycles. The van der Waals surface area contributed by atoms with Crippen molar-refractivity contribution in [3.05, 3.63) is 163 Å². The summed E-state index contributed by atoms with van der Waals surface area (Å²) in [6.45, 7) is -0.202. The Morgan fingerprint density at radius 1 is 0.520 bits per heavy atom. The molecular formula is C40H32N8O2+2. The van der Waals surface area contributed by atoms with Crippen molar-refractivity contribution in [2.24, 2.45) is 0 Å². The summed E-state index contributed by atoms with van der Waals surface area (Å²) in [7, 11) is 1.64. The topological polar surface area (TPSA) is 98.6 Å². The standard InChI is InChI=1S/C40H32N8O2/c1-50-38-27-32(23-25-37(38)48-44-40(30-16-8-3-9-17-30)42-46(48)35-20-12-5-13-21-35)31-22-24-36(33(26-31)28-49)47-43-39(29-14-6-2-7-15-29)41-45(47)34-18-10-4-11-19-34/h2-27,49H,28H2,1H3/q+2. The van der Waals surface area contributed by atoms with Crippen molar-refractivity contribution in [3.63, 3.8) is 0 Å². The molecule has 0 aliphatic carbocycles. The quantitative estimate of drug-likeness (QED) is 0.194. The summed E-state index contributed by atoms with van der Waals surface area (Å²) in [6, 6.07) is 51.3. The number of tetrazole rings is 2. The zero-order valence-electron chi connectivity index (χ0n) is 27.2. The second-order valence-electron chi connectivity index (χ2n) is 11.5. The minimum Gasteiger partial charge on any atom is -0.492 e. The van der Waals surface area contributed by atoms with E-state index in [1.54, 1.807) is 26.3 Å². The van der Waals surface area contributed by atoms with Gasteiger partial charge < -0.3 is 9.84 Å². The van der Waals surface area contributed by atoms with Gasteiger partial charge in [-0.1, -0.05) is 72.8 Å². The molecule has 2 aromatic heterocycles. The van der Waals surface area contributed by atoms with Crippen LogP contribution in [-0.4, -0.2) is 42.2 Å². The molecule has 0 bridgehead atoms. The summed E-state index contributed by atoms with van der Waals surface area (Å²) in [6.07, 6.45) is 0. The van der Waals surface area contributed by atoms with Gasteiger partial charge >= 0.3 is 11.6 Å². The van der Waals surface area contributed by atoms with Crippen LogP contribution in [0.2, 0.25) is 0 Å². The number of aliphatic hydroxyl groups excluding tert-OH is 1. The van der Waals surface area contributed by atoms with Gasteiger partial charge in [-0.05, 0) is 116 Å². The molecule has 6 aromatic carbocycles. The fourth-order valence-electron chi connectivity index (χ4n) is 5.85. The molecule has 0 radical (unpaired) electrons. The fraction of sp³-hybridized carbons (Fsp3) is 0.0500. The fourth-order valence-corrected chi connectivity index (χ4v) is 5.85. The normalized spacial score (nSPS) is 11.1. The van der Waals surface area contributed by atoms with Gasteiger partial charge in [-0.3, -0.25) is 0 Å². The van der Waals surface area contributed by atoms with E-state index in [9.17, 15) is 5.11 Å². The van der Waals surface area contributed by atoms with Crippen molar-refractivity contribution in [2.75, 3.05) is 7.11 Å². The molecule has 0 unspecified atom stereocenters. The maximum absolute atomic E-state index is 10.6. The molecule has 0 spiro atoms. The van der Waals surface area contributed by atoms with Crippen molar-refractivity contribution in [2.45, 2.75) is 6.61 Å². The SMILES string of the molecule is COc1cc(-c2ccc(-[n+]3nc(-c4ccccc4)nn3-c3ccccc3)c(CO)c2)ccc1-[n+]1nc(-c2ccccc2)nn1-c1ccccc1. The molecule has 0 saturated carbocycles. The molecular weight excluding hydrogens is 624 g/mol. The maximum atomic E-state index is 10.6. The smallest absolute Gasteiger partial charge is 0.340 e. The Morgan fingerprint density at radius 2 is 0.960 bits per heavy atom. The zero-order chi connectivity index (χ0) is 33.9. The predicted octanol–water partition coefficient (Wildman–Crippen LogP) is 5.90. The van der Waals surface area contributed by atoms with Crippen LogP contribution in [0.25, 0.3) is 56.7 Å². The highest BCUT2D eigenvalue weighted by atomic mass is 16.5. The number of para-hydroxylation sites is 2. The van der Waals surface area contributed by atoms with Crippen LogP contribution in [0.3, 0.4) is 0 Å². The summed E-state index contributed by atoms with van der Waals surface area (Å²) in [5.41, 5.74) is 7.40. The van der Waals surface area contributed by atoms with Gasteiger partial charge in [-0.15, -0.1) is 0 Å². The second kappa shape index (κ2) is 13.4. The Morgan fingerprint density at radius 3 is 1.44 bits per heavy atom. The number of methoxy groups -OCH3 is 1. The van der Waals surface area contributed by atoms with Crippen LogP contribution < -0.4 is 14.3 Å². The molecule has 10 heteroatoms. The van der Waals surface area contributed by atoms with Gasteiger partial charge in [0, 0.05) is 15.2 Å². The van der Waals surface area contributed by atoms with Gasteiger partial charge in [0.25, 0.3) is 0 Å². The number of hydrogen-bond acceptors (Lipinski definition) is 6. The maximum Gasteiger partial charge on any atom is 0.340 e. The van der Waals surface area contributed by atoms with E-state index < -0.39 is 0 Å². The van der Waals surface area contributed by atoms with Gasteiger partial charge in [-0.2, -0.15) is 0 Å². The van der Waals surface area contributed by atoms with E-state index in [1.165, 1.54) is 0 Å². The molecule has 10 nitrogen and oxygen atoms in total. The Labute approximate surface area is 288 Å². The first-order valence-corrected chi connectivity index (χ1v) is 16.1. The van der Waals surface area contributed by atoms with Crippen LogP contribution in [-0.2, 0) is 6.61 Å². The molecule has 0 fully saturated rings. The van der Waals surface area contributed by atoms with Crippen molar-refractivity contribution >= 4 is 0 Å². The third kappa shape index (κ3) is 5.80. The molecule has 1 N–H and O–H groups in total. The molecule has 0 atom stereocenters. The number of aromatic nitrogens is 8. The highest BCUT2D eigenvalue weighted by Crippen LogP contribution is 2.30. The first-order valence-electron chi connectivity index (χ1n) is 16.1. The van der Waals surface area contributed by atoms with E-state index >= 15 is 0 Å². The number of benzene rings is 6. The average Bonchev–Trinajstić information content (AvgIpc) is 3.85. The lowest BCUT2D eigenvalue weighted by atomic mass is 10.0. The lowest BCUT2D eigenvalue weighted by molar-refractivity contribution is -0.735. The number of hydrogen-bond donors (Lipinski definition) is 1. The second-order valence-corrected chi connectivity index (χ2v) is 11.5. The number of rotatable bonds is 9. The predicted molar refractivity (Wildman–Crippen MR) is 188 cm³/mol. The lowest BCUT2D eigenvalue weighted by Crippen LogP contribution is -2.44. The minimum atomic E-state index is -0.202. The van der Waals surface area contributed by atoms with Crippen molar-refractivity contribution in [1.29, 1.82) is 0 Å². The van der Waals surface area contributed by atoms with Crippen LogP contribution in [0.1, 0.15) is 5.56 Å². The minimum absolute atomic E-state index is 0.202. The third-order valence-corrected chi connectivity index (χ3v) is 8.35. The zero-order valence-corrected chi connectivity index (χ0v) is 27.2. The molecule has 0 aliphatic rings. The van der Waals surface area contributed by atoms with Crippen LogP contribution in [0.15, 0.2) is 158 Å². The third-order valence-electron chi connectivity index (χ3n) is 8.35. The van der Waals surface area contributed by atoms with E-state index in [1.807, 2.05) is 158 Å². The Bertz CT molecular complexity index is 2220. The largest absolute Gasteiger partial charge is 0.492 e. The molecule has 50 heavy (non-hydrogen) atoms. The van der Waals surface area contributed by atoms with Gasteiger partial charge in [0.1, 0.15) is 11.4 Å². The Kier molecular flexibility index (Phi) is 8.17. The molecule has 0 amide bonds. The number of nitrogens with zero attached hydrogens (tertiary/aromatic N) is 8. The highest BCUT2D eigenvalue weighted by Gasteiger charge is 2.28. The summed E-state index contributed by atoms with van der Waals surface area (Å²) in [4.78, 5) is 6.99. The summed E-state index contributed by atoms with van der Waals surface area (Å²) < 4.78 is 5.95. The van der Waals surface area contributed by atoms with E-state index in [0.29, 0.717) is 34.3 Å². The molecule has 242 valence electrons. The first-order chi connectivity index (χ1) is 24.7. The van der Waals surface area contributed by atoms with Gasteiger partial charge in [0.15, 0.2) is 11.4 Å². The van der Waals surface area contributed by atoms with E-state index in [0.717, 1.165) is 33.6 Å². The Balaban J connectivity index is 1.20. The van der Waals surface area contributed by atoms with Crippen LogP contribution in [0.5, 0.6) is 5.75 Å². The van der Waals surface area contributed by atoms with Crippen molar-refractivity contribution in [3.8, 4) is 62.4 Å². The van der Waals surface area contributed by atoms with E-state index in [4.69, 9.17) is 25.1 Å². The van der Waals surface area contributed by atoms with Crippen LogP contribution in [0, 0.1) is 0 Å². The van der Waals surface area contributed by atoms with Crippen molar-refractivity contribution < 1.29 is 19.4 Å². The van der Waals surface area contributed by atoms with Crippen LogP contribution in [0.4, 0.5) is 0 Å². The molecule has 8 rings (SSSR count). The monoisotopic (exact) mass is 656 g/mol. The average molecular weight is 657 g/mol. The van der Waals surface area contributed by atoms with Gasteiger partial charge in [0.05, 0.1) is 35.0 Å². The lowest BCUT2D eigenvalue weighted by Gasteiger charge is -2.10. The summed E-state index contributed by atoms with van der Waals surface area (Å²) >= 11 is 0. The van der Waals surface area contributed by atoms with Gasteiger partial charge in [0.2, 0.25) is 5.69 Å². The number of aliphatic hydroxyl groups is 1. The summed E-state index contributed by atoms with van der Waals surface area (Å²) in [5.74, 6) is 1.76. The molecule has 0 aliphatic heterocycles. The summed E-state index contributed by atoms with van der Waals surface area (Å²) in [5, 5.41) is 30.2. The number of ether oxygens (including phenoxy) is 1. The van der Waals surface area contributed by atoms with Crippen molar-refractivity contribution in [1.82, 2.24) is 30.0 Å².